The first-order valence-electron chi connectivity index (χ1n) is 7.67. The van der Waals surface area contributed by atoms with Crippen LogP contribution in [0.15, 0.2) is 0 Å². The summed E-state index contributed by atoms with van der Waals surface area (Å²) < 4.78 is 1.21. The van der Waals surface area contributed by atoms with E-state index in [-0.39, 0.29) is 0 Å². The Morgan fingerprint density at radius 1 is 0.833 bits per heavy atom. The summed E-state index contributed by atoms with van der Waals surface area (Å²) in [5.41, 5.74) is 2.30. The fourth-order valence-electron chi connectivity index (χ4n) is 2.45. The Bertz CT molecular complexity index is 155. The highest BCUT2D eigenvalue weighted by atomic mass is 16.7. The Morgan fingerprint density at radius 2 is 1.28 bits per heavy atom. The van der Waals surface area contributed by atoms with Gasteiger partial charge in [0, 0.05) is 0 Å². The summed E-state index contributed by atoms with van der Waals surface area (Å²) in [6.07, 6.45) is 7.74. The molecular weight excluding hydrogens is 226 g/mol. The normalized spacial score (nSPS) is 12.0. The molecule has 3 N–H and O–H groups in total. The Labute approximate surface area is 113 Å². The van der Waals surface area contributed by atoms with E-state index in [0.29, 0.717) is 6.61 Å². The van der Waals surface area contributed by atoms with E-state index in [4.69, 9.17) is 10.7 Å². The monoisotopic (exact) mass is 260 g/mol. The highest BCUT2D eigenvalue weighted by Crippen LogP contribution is 2.14. The van der Waals surface area contributed by atoms with Crippen LogP contribution in [-0.2, 0) is 4.84 Å². The molecule has 0 atom stereocenters. The molecule has 0 fully saturated rings. The maximum absolute atomic E-state index is 5.18. The number of nitrogens with zero attached hydrogens (tertiary/aromatic N) is 1. The third-order valence-corrected chi connectivity index (χ3v) is 3.71. The van der Waals surface area contributed by atoms with Crippen LogP contribution >= 0.6 is 0 Å². The van der Waals surface area contributed by atoms with Crippen molar-refractivity contribution < 1.29 is 9.32 Å². The van der Waals surface area contributed by atoms with Gasteiger partial charge in [0.05, 0.1) is 19.6 Å². The van der Waals surface area contributed by atoms with Gasteiger partial charge in [-0.15, -0.1) is 5.59 Å². The molecule has 0 aromatic carbocycles. The number of nitrogens with one attached hydrogen (secondary N) is 1. The van der Waals surface area contributed by atoms with Crippen LogP contribution in [0.5, 0.6) is 0 Å². The van der Waals surface area contributed by atoms with Crippen molar-refractivity contribution in [3.63, 3.8) is 0 Å². The topological polar surface area (TPSA) is 47.3 Å². The van der Waals surface area contributed by atoms with E-state index in [1.165, 1.54) is 62.6 Å². The average molecular weight is 260 g/mol. The van der Waals surface area contributed by atoms with Gasteiger partial charge in [0.25, 0.3) is 0 Å². The standard InChI is InChI=1S/C14H34N3O/c1-4-7-10-17(11-8-5-2,12-9-6-3)13-14-18-16-15/h16H,4-15H2,1-3H3/q+1. The molecule has 0 bridgehead atoms. The predicted octanol–water partition coefficient (Wildman–Crippen LogP) is 2.60. The zero-order valence-corrected chi connectivity index (χ0v) is 12.7. The fourth-order valence-corrected chi connectivity index (χ4v) is 2.45. The number of quaternary nitrogens is 1. The molecule has 0 aliphatic heterocycles. The lowest BCUT2D eigenvalue weighted by Crippen LogP contribution is -2.52. The molecule has 0 aromatic heterocycles. The van der Waals surface area contributed by atoms with Crippen molar-refractivity contribution in [3.05, 3.63) is 0 Å². The Balaban J connectivity index is 4.41. The van der Waals surface area contributed by atoms with Crippen LogP contribution in [0, 0.1) is 0 Å². The molecule has 0 aliphatic carbocycles. The van der Waals surface area contributed by atoms with Crippen LogP contribution < -0.4 is 11.4 Å². The predicted molar refractivity (Wildman–Crippen MR) is 77.7 cm³/mol. The maximum Gasteiger partial charge on any atom is 0.119 e. The molecule has 0 unspecified atom stereocenters. The molecule has 110 valence electrons. The molecule has 4 nitrogen and oxygen atoms in total. The number of unbranched alkanes of at least 4 members (excludes halogenated alkanes) is 3. The van der Waals surface area contributed by atoms with E-state index in [1.54, 1.807) is 0 Å². The molecule has 0 aromatic rings. The molecule has 18 heavy (non-hydrogen) atoms. The molecule has 0 saturated carbocycles. The lowest BCUT2D eigenvalue weighted by atomic mass is 10.1. The first-order valence-corrected chi connectivity index (χ1v) is 7.67. The van der Waals surface area contributed by atoms with E-state index >= 15 is 0 Å². The summed E-state index contributed by atoms with van der Waals surface area (Å²) in [6.45, 7) is 12.4. The highest BCUT2D eigenvalue weighted by Gasteiger charge is 2.25. The summed E-state index contributed by atoms with van der Waals surface area (Å²) in [5, 5.41) is 0. The van der Waals surface area contributed by atoms with Crippen molar-refractivity contribution in [2.24, 2.45) is 5.84 Å². The van der Waals surface area contributed by atoms with Crippen molar-refractivity contribution in [2.45, 2.75) is 59.3 Å². The van der Waals surface area contributed by atoms with E-state index in [2.05, 4.69) is 26.4 Å². The Morgan fingerprint density at radius 3 is 1.61 bits per heavy atom. The number of nitrogens with two attached hydrogens (primary N) is 1. The average Bonchev–Trinajstić information content (AvgIpc) is 2.40. The molecule has 0 saturated heterocycles. The van der Waals surface area contributed by atoms with Gasteiger partial charge in [0.1, 0.15) is 13.2 Å². The minimum Gasteiger partial charge on any atom is -0.322 e. The molecule has 0 rings (SSSR count). The molecule has 0 aliphatic rings. The molecule has 0 spiro atoms. The molecular formula is C14H34N3O+. The maximum atomic E-state index is 5.18. The SMILES string of the molecule is CCCC[N+](CCCC)(CCCC)CCONN. The van der Waals surface area contributed by atoms with Gasteiger partial charge < -0.3 is 4.48 Å². The smallest absolute Gasteiger partial charge is 0.119 e. The number of hydrazine groups is 1. The van der Waals surface area contributed by atoms with Crippen molar-refractivity contribution in [1.29, 1.82) is 0 Å². The number of hydrogen-bond donors (Lipinski definition) is 2. The summed E-state index contributed by atoms with van der Waals surface area (Å²) in [7, 11) is 0. The van der Waals surface area contributed by atoms with E-state index in [9.17, 15) is 0 Å². The van der Waals surface area contributed by atoms with Gasteiger partial charge in [0.2, 0.25) is 0 Å². The van der Waals surface area contributed by atoms with Crippen molar-refractivity contribution >= 4 is 0 Å². The summed E-state index contributed by atoms with van der Waals surface area (Å²) in [5.74, 6) is 5.18. The van der Waals surface area contributed by atoms with Crippen LogP contribution in [-0.4, -0.2) is 37.3 Å². The lowest BCUT2D eigenvalue weighted by Gasteiger charge is -2.39. The van der Waals surface area contributed by atoms with Crippen molar-refractivity contribution in [1.82, 2.24) is 5.59 Å². The Hall–Kier alpha value is -0.160. The molecule has 4 heteroatoms. The van der Waals surface area contributed by atoms with Gasteiger partial charge in [-0.25, -0.2) is 5.84 Å². The highest BCUT2D eigenvalue weighted by molar-refractivity contribution is 4.48. The zero-order valence-electron chi connectivity index (χ0n) is 12.7. The minimum atomic E-state index is 0.702. The van der Waals surface area contributed by atoms with E-state index in [0.717, 1.165) is 6.54 Å². The van der Waals surface area contributed by atoms with Crippen molar-refractivity contribution in [2.75, 3.05) is 32.8 Å². The van der Waals surface area contributed by atoms with Crippen LogP contribution in [0.1, 0.15) is 59.3 Å². The van der Waals surface area contributed by atoms with Gasteiger partial charge in [-0.3, -0.25) is 4.84 Å². The van der Waals surface area contributed by atoms with Gasteiger partial charge in [-0.05, 0) is 19.3 Å². The van der Waals surface area contributed by atoms with Gasteiger partial charge >= 0.3 is 0 Å². The second-order valence-corrected chi connectivity index (χ2v) is 5.26. The second kappa shape index (κ2) is 11.9. The van der Waals surface area contributed by atoms with Gasteiger partial charge in [-0.1, -0.05) is 40.0 Å². The van der Waals surface area contributed by atoms with Crippen molar-refractivity contribution in [3.8, 4) is 0 Å². The second-order valence-electron chi connectivity index (χ2n) is 5.26. The van der Waals surface area contributed by atoms with Crippen LogP contribution in [0.2, 0.25) is 0 Å². The lowest BCUT2D eigenvalue weighted by molar-refractivity contribution is -0.929. The first-order chi connectivity index (χ1) is 8.74. The van der Waals surface area contributed by atoms with E-state index < -0.39 is 0 Å². The molecule has 0 heterocycles. The molecule has 0 radical (unpaired) electrons. The van der Waals surface area contributed by atoms with Crippen LogP contribution in [0.3, 0.4) is 0 Å². The Kier molecular flexibility index (Phi) is 11.8. The number of hydrogen-bond acceptors (Lipinski definition) is 3. The number of rotatable bonds is 13. The van der Waals surface area contributed by atoms with Gasteiger partial charge in [-0.2, -0.15) is 0 Å². The van der Waals surface area contributed by atoms with Gasteiger partial charge in [0.15, 0.2) is 0 Å². The van der Waals surface area contributed by atoms with E-state index in [1.807, 2.05) is 0 Å². The minimum absolute atomic E-state index is 0.702. The fraction of sp³-hybridized carbons (Fsp3) is 1.00. The zero-order chi connectivity index (χ0) is 13.7. The summed E-state index contributed by atoms with van der Waals surface area (Å²) >= 11 is 0. The quantitative estimate of drug-likeness (QED) is 0.232. The first kappa shape index (κ1) is 17.8. The van der Waals surface area contributed by atoms with Crippen LogP contribution in [0.25, 0.3) is 0 Å². The summed E-state index contributed by atoms with van der Waals surface area (Å²) in [4.78, 5) is 5.14. The largest absolute Gasteiger partial charge is 0.322 e. The molecule has 0 amide bonds. The third-order valence-electron chi connectivity index (χ3n) is 3.71. The third kappa shape index (κ3) is 8.03. The summed E-state index contributed by atoms with van der Waals surface area (Å²) in [6, 6.07) is 0. The van der Waals surface area contributed by atoms with Crippen LogP contribution in [0.4, 0.5) is 0 Å².